The molecule has 2 atom stereocenters. The summed E-state index contributed by atoms with van der Waals surface area (Å²) in [7, 11) is -4.09. The molecule has 1 heterocycles. The van der Waals surface area contributed by atoms with E-state index in [1.807, 2.05) is 37.3 Å². The molecule has 0 aliphatic carbocycles. The van der Waals surface area contributed by atoms with E-state index in [0.29, 0.717) is 10.6 Å². The lowest BCUT2D eigenvalue weighted by atomic mass is 9.97. The van der Waals surface area contributed by atoms with Gasteiger partial charge in [0.15, 0.2) is 6.23 Å². The fourth-order valence-corrected chi connectivity index (χ4v) is 5.76. The molecule has 0 spiro atoms. The van der Waals surface area contributed by atoms with Crippen molar-refractivity contribution in [2.45, 2.75) is 23.6 Å². The molecule has 10 heteroatoms. The number of halogens is 2. The van der Waals surface area contributed by atoms with Crippen LogP contribution in [0.2, 0.25) is 10.0 Å². The highest BCUT2D eigenvalue weighted by molar-refractivity contribution is 7.89. The SMILES string of the molecule is C[C@]1(c2ccccc2)CN(S(=O)(=O)c2ccc([N+](=O)[O-])cc2)[C@@H](c2ccc(Cl)cc2Cl)O1. The standard InChI is InChI=1S/C22H18Cl2N2O5S/c1-22(15-5-3-2-4-6-15)14-25(21(31-22)19-12-7-16(23)13-20(19)24)32(29,30)18-10-8-17(9-11-18)26(27)28/h2-13,21H,14H2,1H3/t21-,22-/m1/s1. The Bertz CT molecular complexity index is 1270. The summed E-state index contributed by atoms with van der Waals surface area (Å²) >= 11 is 12.4. The zero-order chi connectivity index (χ0) is 23.1. The summed E-state index contributed by atoms with van der Waals surface area (Å²) in [5, 5.41) is 11.6. The van der Waals surface area contributed by atoms with Crippen molar-refractivity contribution in [2.24, 2.45) is 0 Å². The molecule has 166 valence electrons. The number of ether oxygens (including phenoxy) is 1. The van der Waals surface area contributed by atoms with Gasteiger partial charge in [-0.25, -0.2) is 8.42 Å². The van der Waals surface area contributed by atoms with Crippen LogP contribution in [0.5, 0.6) is 0 Å². The van der Waals surface area contributed by atoms with E-state index in [9.17, 15) is 18.5 Å². The van der Waals surface area contributed by atoms with Gasteiger partial charge in [0, 0.05) is 27.7 Å². The summed E-state index contributed by atoms with van der Waals surface area (Å²) < 4.78 is 34.8. The third-order valence-electron chi connectivity index (χ3n) is 5.36. The molecule has 0 radical (unpaired) electrons. The first-order valence-electron chi connectivity index (χ1n) is 9.56. The number of hydrogen-bond acceptors (Lipinski definition) is 5. The molecule has 0 bridgehead atoms. The van der Waals surface area contributed by atoms with Crippen LogP contribution < -0.4 is 0 Å². The zero-order valence-electron chi connectivity index (χ0n) is 16.8. The lowest BCUT2D eigenvalue weighted by molar-refractivity contribution is -0.384. The van der Waals surface area contributed by atoms with Crippen LogP contribution >= 0.6 is 23.2 Å². The highest BCUT2D eigenvalue weighted by Crippen LogP contribution is 2.46. The van der Waals surface area contributed by atoms with E-state index in [1.165, 1.54) is 22.5 Å². The first kappa shape index (κ1) is 22.7. The smallest absolute Gasteiger partial charge is 0.269 e. The van der Waals surface area contributed by atoms with Gasteiger partial charge in [-0.2, -0.15) is 4.31 Å². The molecule has 32 heavy (non-hydrogen) atoms. The van der Waals surface area contributed by atoms with Crippen LogP contribution in [0.3, 0.4) is 0 Å². The van der Waals surface area contributed by atoms with E-state index in [2.05, 4.69) is 0 Å². The van der Waals surface area contributed by atoms with Crippen molar-refractivity contribution in [1.29, 1.82) is 0 Å². The average Bonchev–Trinajstić information content (AvgIpc) is 3.14. The van der Waals surface area contributed by atoms with Crippen molar-refractivity contribution < 1.29 is 18.1 Å². The van der Waals surface area contributed by atoms with Crippen LogP contribution in [0.4, 0.5) is 5.69 Å². The number of hydrogen-bond donors (Lipinski definition) is 0. The minimum absolute atomic E-state index is 0.0138. The second-order valence-electron chi connectivity index (χ2n) is 7.53. The summed E-state index contributed by atoms with van der Waals surface area (Å²) in [5.41, 5.74) is 0.0914. The van der Waals surface area contributed by atoms with Crippen molar-refractivity contribution in [2.75, 3.05) is 6.54 Å². The Labute approximate surface area is 195 Å². The molecule has 3 aromatic carbocycles. The monoisotopic (exact) mass is 492 g/mol. The molecule has 4 rings (SSSR count). The molecular formula is C22H18Cl2N2O5S. The van der Waals surface area contributed by atoms with Gasteiger partial charge >= 0.3 is 0 Å². The van der Waals surface area contributed by atoms with Crippen molar-refractivity contribution in [3.63, 3.8) is 0 Å². The molecule has 3 aromatic rings. The molecular weight excluding hydrogens is 475 g/mol. The molecule has 0 saturated carbocycles. The third kappa shape index (κ3) is 4.12. The third-order valence-corrected chi connectivity index (χ3v) is 7.73. The van der Waals surface area contributed by atoms with Crippen LogP contribution in [-0.4, -0.2) is 24.2 Å². The van der Waals surface area contributed by atoms with Gasteiger partial charge in [0.05, 0.1) is 16.4 Å². The number of rotatable bonds is 5. The first-order chi connectivity index (χ1) is 15.1. The molecule has 1 aliphatic rings. The molecule has 0 unspecified atom stereocenters. The fourth-order valence-electron chi connectivity index (χ4n) is 3.68. The molecule has 0 amide bonds. The molecule has 1 saturated heterocycles. The molecule has 0 N–H and O–H groups in total. The fraction of sp³-hybridized carbons (Fsp3) is 0.182. The number of nitro benzene ring substituents is 1. The van der Waals surface area contributed by atoms with Gasteiger partial charge in [-0.1, -0.05) is 59.6 Å². The largest absolute Gasteiger partial charge is 0.346 e. The Morgan fingerprint density at radius 2 is 1.72 bits per heavy atom. The van der Waals surface area contributed by atoms with Crippen LogP contribution in [0.25, 0.3) is 0 Å². The van der Waals surface area contributed by atoms with E-state index in [1.54, 1.807) is 12.1 Å². The maximum absolute atomic E-state index is 13.6. The van der Waals surface area contributed by atoms with E-state index in [0.717, 1.165) is 17.7 Å². The maximum Gasteiger partial charge on any atom is 0.269 e. The number of nitrogens with zero attached hydrogens (tertiary/aromatic N) is 2. The van der Waals surface area contributed by atoms with Crippen LogP contribution in [-0.2, 0) is 20.4 Å². The van der Waals surface area contributed by atoms with Gasteiger partial charge in [-0.15, -0.1) is 0 Å². The Morgan fingerprint density at radius 1 is 1.06 bits per heavy atom. The van der Waals surface area contributed by atoms with Gasteiger partial charge in [-0.3, -0.25) is 10.1 Å². The summed E-state index contributed by atoms with van der Waals surface area (Å²) in [6, 6.07) is 18.8. The number of benzene rings is 3. The predicted molar refractivity (Wildman–Crippen MR) is 121 cm³/mol. The second kappa shape index (κ2) is 8.46. The van der Waals surface area contributed by atoms with E-state index in [4.69, 9.17) is 27.9 Å². The predicted octanol–water partition coefficient (Wildman–Crippen LogP) is 5.54. The summed E-state index contributed by atoms with van der Waals surface area (Å²) in [4.78, 5) is 10.3. The minimum Gasteiger partial charge on any atom is -0.346 e. The summed E-state index contributed by atoms with van der Waals surface area (Å²) in [5.74, 6) is 0. The minimum atomic E-state index is -4.09. The zero-order valence-corrected chi connectivity index (χ0v) is 19.1. The molecule has 0 aromatic heterocycles. The van der Waals surface area contributed by atoms with Crippen molar-refractivity contribution in [3.8, 4) is 0 Å². The lowest BCUT2D eigenvalue weighted by Crippen LogP contribution is -2.34. The van der Waals surface area contributed by atoms with Gasteiger partial charge in [0.2, 0.25) is 10.0 Å². The topological polar surface area (TPSA) is 89.8 Å². The maximum atomic E-state index is 13.6. The number of sulfonamides is 1. The lowest BCUT2D eigenvalue weighted by Gasteiger charge is -2.24. The summed E-state index contributed by atoms with van der Waals surface area (Å²) in [6.45, 7) is 1.82. The highest BCUT2D eigenvalue weighted by atomic mass is 35.5. The Kier molecular flexibility index (Phi) is 6.00. The van der Waals surface area contributed by atoms with E-state index >= 15 is 0 Å². The van der Waals surface area contributed by atoms with Crippen LogP contribution in [0, 0.1) is 10.1 Å². The Balaban J connectivity index is 1.81. The molecule has 1 fully saturated rings. The first-order valence-corrected chi connectivity index (χ1v) is 11.8. The Morgan fingerprint density at radius 3 is 2.31 bits per heavy atom. The highest BCUT2D eigenvalue weighted by Gasteiger charge is 2.49. The van der Waals surface area contributed by atoms with Crippen LogP contribution in [0.1, 0.15) is 24.3 Å². The van der Waals surface area contributed by atoms with Crippen molar-refractivity contribution in [3.05, 3.63) is 104 Å². The van der Waals surface area contributed by atoms with Gasteiger partial charge in [0.25, 0.3) is 5.69 Å². The van der Waals surface area contributed by atoms with Crippen molar-refractivity contribution in [1.82, 2.24) is 4.31 Å². The average molecular weight is 493 g/mol. The van der Waals surface area contributed by atoms with Gasteiger partial charge in [0.1, 0.15) is 5.60 Å². The summed E-state index contributed by atoms with van der Waals surface area (Å²) in [6.07, 6.45) is -1.02. The van der Waals surface area contributed by atoms with E-state index < -0.39 is 26.8 Å². The van der Waals surface area contributed by atoms with E-state index in [-0.39, 0.29) is 22.2 Å². The normalized spacial score (nSPS) is 21.5. The van der Waals surface area contributed by atoms with Crippen LogP contribution in [0.15, 0.2) is 77.7 Å². The van der Waals surface area contributed by atoms with Crippen molar-refractivity contribution >= 4 is 38.9 Å². The molecule has 1 aliphatic heterocycles. The Hall–Kier alpha value is -2.49. The number of nitro groups is 1. The quantitative estimate of drug-likeness (QED) is 0.344. The van der Waals surface area contributed by atoms with Gasteiger partial charge < -0.3 is 4.74 Å². The van der Waals surface area contributed by atoms with Gasteiger partial charge in [-0.05, 0) is 36.8 Å². The second-order valence-corrected chi connectivity index (χ2v) is 10.3. The molecule has 7 nitrogen and oxygen atoms in total. The number of non-ortho nitro benzene ring substituents is 1.